The SMILES string of the molecule is CCN(CC)S(=O)(=O)N1CCN(c2cc(C)nc(C(C)C)n2)CC1. The summed E-state index contributed by atoms with van der Waals surface area (Å²) in [5.41, 5.74) is 0.946. The second kappa shape index (κ2) is 7.76. The lowest BCUT2D eigenvalue weighted by atomic mass is 10.2. The molecule has 2 rings (SSSR count). The molecule has 0 amide bonds. The Kier molecular flexibility index (Phi) is 6.17. The van der Waals surface area contributed by atoms with Crippen LogP contribution in [0, 0.1) is 6.92 Å². The van der Waals surface area contributed by atoms with Crippen molar-refractivity contribution < 1.29 is 8.42 Å². The van der Waals surface area contributed by atoms with Crippen molar-refractivity contribution in [3.8, 4) is 0 Å². The Morgan fingerprint density at radius 2 is 1.71 bits per heavy atom. The number of hydrogen-bond donors (Lipinski definition) is 0. The Morgan fingerprint density at radius 3 is 2.21 bits per heavy atom. The van der Waals surface area contributed by atoms with Crippen LogP contribution in [0.3, 0.4) is 0 Å². The van der Waals surface area contributed by atoms with Crippen molar-refractivity contribution in [3.05, 3.63) is 17.6 Å². The highest BCUT2D eigenvalue weighted by Gasteiger charge is 2.31. The van der Waals surface area contributed by atoms with Crippen LogP contribution in [0.15, 0.2) is 6.07 Å². The molecule has 136 valence electrons. The van der Waals surface area contributed by atoms with Crippen molar-refractivity contribution >= 4 is 16.0 Å². The van der Waals surface area contributed by atoms with Crippen molar-refractivity contribution in [1.29, 1.82) is 0 Å². The van der Waals surface area contributed by atoms with E-state index in [9.17, 15) is 8.42 Å². The van der Waals surface area contributed by atoms with Gasteiger partial charge >= 0.3 is 0 Å². The largest absolute Gasteiger partial charge is 0.354 e. The molecule has 1 aliphatic rings. The average Bonchev–Trinajstić information content (AvgIpc) is 2.55. The van der Waals surface area contributed by atoms with Gasteiger partial charge in [-0.1, -0.05) is 27.7 Å². The van der Waals surface area contributed by atoms with E-state index in [2.05, 4.69) is 28.7 Å². The number of nitrogens with zero attached hydrogens (tertiary/aromatic N) is 5. The van der Waals surface area contributed by atoms with Crippen LogP contribution >= 0.6 is 0 Å². The fourth-order valence-electron chi connectivity index (χ4n) is 2.86. The Bertz CT molecular complexity index is 650. The number of anilines is 1. The van der Waals surface area contributed by atoms with Crippen molar-refractivity contribution in [2.75, 3.05) is 44.2 Å². The number of rotatable bonds is 6. The summed E-state index contributed by atoms with van der Waals surface area (Å²) < 4.78 is 28.3. The van der Waals surface area contributed by atoms with Crippen LogP contribution in [0.4, 0.5) is 5.82 Å². The van der Waals surface area contributed by atoms with Crippen LogP contribution in [0.25, 0.3) is 0 Å². The molecule has 24 heavy (non-hydrogen) atoms. The van der Waals surface area contributed by atoms with Crippen LogP contribution in [0.5, 0.6) is 0 Å². The lowest BCUT2D eigenvalue weighted by molar-refractivity contribution is 0.333. The Hall–Kier alpha value is -1.25. The van der Waals surface area contributed by atoms with E-state index in [0.717, 1.165) is 17.3 Å². The first kappa shape index (κ1) is 19.1. The highest BCUT2D eigenvalue weighted by molar-refractivity contribution is 7.86. The minimum atomic E-state index is -3.35. The molecule has 8 heteroatoms. The third-order valence-corrected chi connectivity index (χ3v) is 6.48. The van der Waals surface area contributed by atoms with Crippen molar-refractivity contribution in [2.24, 2.45) is 0 Å². The van der Waals surface area contributed by atoms with Gasteiger partial charge in [0.05, 0.1) is 0 Å². The predicted octanol–water partition coefficient (Wildman–Crippen LogP) is 1.62. The van der Waals surface area contributed by atoms with E-state index in [-0.39, 0.29) is 5.92 Å². The number of hydrogen-bond acceptors (Lipinski definition) is 5. The maximum atomic E-state index is 12.6. The topological polar surface area (TPSA) is 69.6 Å². The van der Waals surface area contributed by atoms with Gasteiger partial charge in [-0.2, -0.15) is 17.0 Å². The van der Waals surface area contributed by atoms with Gasteiger partial charge in [0, 0.05) is 56.9 Å². The summed E-state index contributed by atoms with van der Waals surface area (Å²) in [6.07, 6.45) is 0. The van der Waals surface area contributed by atoms with Crippen molar-refractivity contribution in [3.63, 3.8) is 0 Å². The zero-order chi connectivity index (χ0) is 17.9. The molecule has 0 atom stereocenters. The summed E-state index contributed by atoms with van der Waals surface area (Å²) in [6, 6.07) is 1.97. The molecule has 0 unspecified atom stereocenters. The monoisotopic (exact) mass is 355 g/mol. The fourth-order valence-corrected chi connectivity index (χ4v) is 4.46. The second-order valence-corrected chi connectivity index (χ2v) is 8.29. The summed E-state index contributed by atoms with van der Waals surface area (Å²) >= 11 is 0. The highest BCUT2D eigenvalue weighted by atomic mass is 32.2. The van der Waals surface area contributed by atoms with Crippen LogP contribution in [0.1, 0.15) is 45.1 Å². The smallest absolute Gasteiger partial charge is 0.282 e. The predicted molar refractivity (Wildman–Crippen MR) is 96.5 cm³/mol. The molecule has 0 bridgehead atoms. The molecule has 0 aliphatic carbocycles. The third-order valence-electron chi connectivity index (χ3n) is 4.30. The van der Waals surface area contributed by atoms with Crippen molar-refractivity contribution in [1.82, 2.24) is 18.6 Å². The maximum Gasteiger partial charge on any atom is 0.282 e. The fraction of sp³-hybridized carbons (Fsp3) is 0.750. The Balaban J connectivity index is 2.11. The first-order valence-corrected chi connectivity index (χ1v) is 10.0. The molecule has 1 aromatic rings. The normalized spacial score (nSPS) is 17.0. The molecule has 1 saturated heterocycles. The lowest BCUT2D eigenvalue weighted by Crippen LogP contribution is -2.53. The Morgan fingerprint density at radius 1 is 1.12 bits per heavy atom. The second-order valence-electron chi connectivity index (χ2n) is 6.36. The quantitative estimate of drug-likeness (QED) is 0.775. The molecule has 7 nitrogen and oxygen atoms in total. The zero-order valence-corrected chi connectivity index (χ0v) is 16.2. The molecule has 0 spiro atoms. The van der Waals surface area contributed by atoms with E-state index in [1.165, 1.54) is 4.31 Å². The van der Waals surface area contributed by atoms with Gasteiger partial charge in [-0.15, -0.1) is 0 Å². The summed E-state index contributed by atoms with van der Waals surface area (Å²) in [6.45, 7) is 13.1. The minimum Gasteiger partial charge on any atom is -0.354 e. The molecule has 0 N–H and O–H groups in total. The summed E-state index contributed by atoms with van der Waals surface area (Å²) in [5.74, 6) is 2.00. The summed E-state index contributed by atoms with van der Waals surface area (Å²) in [7, 11) is -3.35. The molecule has 0 aromatic carbocycles. The highest BCUT2D eigenvalue weighted by Crippen LogP contribution is 2.20. The molecule has 1 fully saturated rings. The van der Waals surface area contributed by atoms with Gasteiger partial charge in [0.2, 0.25) is 0 Å². The van der Waals surface area contributed by atoms with Gasteiger partial charge in [-0.05, 0) is 6.92 Å². The number of piperazine rings is 1. The van der Waals surface area contributed by atoms with E-state index < -0.39 is 10.2 Å². The Labute approximate surface area is 145 Å². The molecule has 2 heterocycles. The van der Waals surface area contributed by atoms with Crippen molar-refractivity contribution in [2.45, 2.75) is 40.5 Å². The van der Waals surface area contributed by atoms with Gasteiger partial charge in [0.25, 0.3) is 10.2 Å². The van der Waals surface area contributed by atoms with E-state index in [1.54, 1.807) is 4.31 Å². The van der Waals surface area contributed by atoms with E-state index >= 15 is 0 Å². The first-order chi connectivity index (χ1) is 11.3. The van der Waals surface area contributed by atoms with Crippen LogP contribution in [-0.4, -0.2) is 66.3 Å². The molecular formula is C16H29N5O2S. The summed E-state index contributed by atoms with van der Waals surface area (Å²) in [4.78, 5) is 11.3. The van der Waals surface area contributed by atoms with Gasteiger partial charge in [0.1, 0.15) is 11.6 Å². The van der Waals surface area contributed by atoms with Gasteiger partial charge in [0.15, 0.2) is 0 Å². The maximum absolute atomic E-state index is 12.6. The summed E-state index contributed by atoms with van der Waals surface area (Å²) in [5, 5.41) is 0. The van der Waals surface area contributed by atoms with Gasteiger partial charge in [-0.3, -0.25) is 0 Å². The van der Waals surface area contributed by atoms with Crippen LogP contribution in [0.2, 0.25) is 0 Å². The molecule has 0 radical (unpaired) electrons. The lowest BCUT2D eigenvalue weighted by Gasteiger charge is -2.37. The number of aromatic nitrogens is 2. The zero-order valence-electron chi connectivity index (χ0n) is 15.4. The van der Waals surface area contributed by atoms with E-state index in [0.29, 0.717) is 39.3 Å². The molecule has 0 saturated carbocycles. The van der Waals surface area contributed by atoms with Gasteiger partial charge < -0.3 is 4.90 Å². The van der Waals surface area contributed by atoms with E-state index in [4.69, 9.17) is 0 Å². The standard InChI is InChI=1S/C16H29N5O2S/c1-6-20(7-2)24(22,23)21-10-8-19(9-11-21)15-12-14(5)17-16(18-15)13(3)4/h12-13H,6-11H2,1-5H3. The van der Waals surface area contributed by atoms with Gasteiger partial charge in [-0.25, -0.2) is 9.97 Å². The molecule has 1 aromatic heterocycles. The molecule has 1 aliphatic heterocycles. The third kappa shape index (κ3) is 4.04. The van der Waals surface area contributed by atoms with E-state index in [1.807, 2.05) is 26.8 Å². The number of aryl methyl sites for hydroxylation is 1. The van der Waals surface area contributed by atoms with Crippen LogP contribution < -0.4 is 4.90 Å². The van der Waals surface area contributed by atoms with Crippen LogP contribution in [-0.2, 0) is 10.2 Å². The molecular weight excluding hydrogens is 326 g/mol. The average molecular weight is 356 g/mol. The first-order valence-electron chi connectivity index (χ1n) is 8.65. The minimum absolute atomic E-state index is 0.271.